The molecule has 4 atom stereocenters. The quantitative estimate of drug-likeness (QED) is 0.845. The third-order valence-electron chi connectivity index (χ3n) is 6.33. The molecule has 4 nitrogen and oxygen atoms in total. The Kier molecular flexibility index (Phi) is 3.99. The molecule has 3 saturated heterocycles. The average Bonchev–Trinajstić information content (AvgIpc) is 3.15. The van der Waals surface area contributed by atoms with Gasteiger partial charge in [0.2, 0.25) is 0 Å². The van der Waals surface area contributed by atoms with Crippen molar-refractivity contribution < 1.29 is 14.6 Å². The molecule has 0 bridgehead atoms. The van der Waals surface area contributed by atoms with E-state index in [1.54, 1.807) is 0 Å². The highest BCUT2D eigenvalue weighted by atomic mass is 16.5. The van der Waals surface area contributed by atoms with Gasteiger partial charge in [-0.05, 0) is 51.0 Å². The lowest BCUT2D eigenvalue weighted by atomic mass is 9.80. The monoisotopic (exact) mass is 295 g/mol. The number of hydrogen-bond acceptors (Lipinski definition) is 4. The second-order valence-corrected chi connectivity index (χ2v) is 7.64. The van der Waals surface area contributed by atoms with Gasteiger partial charge >= 0.3 is 0 Å². The van der Waals surface area contributed by atoms with E-state index in [0.29, 0.717) is 12.0 Å². The van der Waals surface area contributed by atoms with Gasteiger partial charge in [-0.2, -0.15) is 0 Å². The van der Waals surface area contributed by atoms with Gasteiger partial charge < -0.3 is 14.6 Å². The van der Waals surface area contributed by atoms with Crippen LogP contribution in [-0.4, -0.2) is 60.2 Å². The number of fused-ring (bicyclic) bond motifs is 1. The molecule has 3 aliphatic heterocycles. The summed E-state index contributed by atoms with van der Waals surface area (Å²) < 4.78 is 12.1. The number of rotatable bonds is 2. The van der Waals surface area contributed by atoms with E-state index in [0.717, 1.165) is 32.6 Å². The summed E-state index contributed by atoms with van der Waals surface area (Å²) >= 11 is 0. The van der Waals surface area contributed by atoms with Crippen LogP contribution in [0.1, 0.15) is 51.4 Å². The zero-order chi connectivity index (χ0) is 14.3. The summed E-state index contributed by atoms with van der Waals surface area (Å²) in [5.74, 6) is 0.362. The van der Waals surface area contributed by atoms with Gasteiger partial charge in [-0.15, -0.1) is 0 Å². The van der Waals surface area contributed by atoms with E-state index in [-0.39, 0.29) is 17.8 Å². The van der Waals surface area contributed by atoms with E-state index in [2.05, 4.69) is 4.90 Å². The van der Waals surface area contributed by atoms with E-state index < -0.39 is 0 Å². The van der Waals surface area contributed by atoms with Gasteiger partial charge in [0.15, 0.2) is 0 Å². The maximum Gasteiger partial charge on any atom is 0.0964 e. The molecule has 4 heteroatoms. The van der Waals surface area contributed by atoms with Crippen LogP contribution in [0.25, 0.3) is 0 Å². The van der Waals surface area contributed by atoms with Crippen molar-refractivity contribution >= 4 is 0 Å². The Bertz CT molecular complexity index is 369. The van der Waals surface area contributed by atoms with E-state index in [9.17, 15) is 5.11 Å². The highest BCUT2D eigenvalue weighted by Gasteiger charge is 2.45. The topological polar surface area (TPSA) is 41.9 Å². The summed E-state index contributed by atoms with van der Waals surface area (Å²) in [6, 6.07) is 0.615. The maximum atomic E-state index is 10.9. The third-order valence-corrected chi connectivity index (χ3v) is 6.33. The fraction of sp³-hybridized carbons (Fsp3) is 1.00. The molecule has 4 aliphatic rings. The van der Waals surface area contributed by atoms with Crippen molar-refractivity contribution in [3.63, 3.8) is 0 Å². The van der Waals surface area contributed by atoms with Crippen LogP contribution in [0, 0.1) is 5.92 Å². The Morgan fingerprint density at radius 2 is 2.00 bits per heavy atom. The number of aliphatic hydroxyl groups is 1. The average molecular weight is 295 g/mol. The van der Waals surface area contributed by atoms with Crippen molar-refractivity contribution in [2.75, 3.05) is 26.3 Å². The van der Waals surface area contributed by atoms with Gasteiger partial charge in [-0.3, -0.25) is 4.90 Å². The van der Waals surface area contributed by atoms with Gasteiger partial charge in [0.05, 0.1) is 24.4 Å². The number of morpholine rings is 1. The molecule has 4 rings (SSSR count). The largest absolute Gasteiger partial charge is 0.390 e. The Morgan fingerprint density at radius 1 is 1.14 bits per heavy atom. The first kappa shape index (κ1) is 14.4. The van der Waals surface area contributed by atoms with E-state index in [1.165, 1.54) is 45.1 Å². The van der Waals surface area contributed by atoms with Crippen molar-refractivity contribution in [1.82, 2.24) is 4.90 Å². The molecule has 0 amide bonds. The number of hydrogen-bond donors (Lipinski definition) is 1. The lowest BCUT2D eigenvalue weighted by Gasteiger charge is -2.44. The van der Waals surface area contributed by atoms with Crippen molar-refractivity contribution in [3.05, 3.63) is 0 Å². The SMILES string of the molecule is OC(C1CCOC2(CCCC2)C1)C1CN2CCCC2CO1. The van der Waals surface area contributed by atoms with Gasteiger partial charge in [0.25, 0.3) is 0 Å². The Hall–Kier alpha value is -0.160. The number of ether oxygens (including phenoxy) is 2. The highest BCUT2D eigenvalue weighted by Crippen LogP contribution is 2.43. The first-order chi connectivity index (χ1) is 10.3. The predicted molar refractivity (Wildman–Crippen MR) is 80.2 cm³/mol. The molecule has 1 N–H and O–H groups in total. The lowest BCUT2D eigenvalue weighted by Crippen LogP contribution is -2.53. The number of nitrogens with zero attached hydrogens (tertiary/aromatic N) is 1. The van der Waals surface area contributed by atoms with Crippen LogP contribution in [0.3, 0.4) is 0 Å². The van der Waals surface area contributed by atoms with Gasteiger partial charge in [-0.1, -0.05) is 12.8 Å². The first-order valence-electron chi connectivity index (χ1n) is 8.93. The van der Waals surface area contributed by atoms with Gasteiger partial charge in [-0.25, -0.2) is 0 Å². The van der Waals surface area contributed by atoms with Crippen LogP contribution in [0.2, 0.25) is 0 Å². The molecule has 0 radical (unpaired) electrons. The van der Waals surface area contributed by atoms with Gasteiger partial charge in [0.1, 0.15) is 0 Å². The van der Waals surface area contributed by atoms with Crippen LogP contribution in [0.15, 0.2) is 0 Å². The van der Waals surface area contributed by atoms with Crippen LogP contribution < -0.4 is 0 Å². The summed E-state index contributed by atoms with van der Waals surface area (Å²) in [6.45, 7) is 3.75. The predicted octanol–water partition coefficient (Wildman–Crippen LogP) is 1.95. The minimum absolute atomic E-state index is 0.0147. The Morgan fingerprint density at radius 3 is 2.86 bits per heavy atom. The fourth-order valence-electron chi connectivity index (χ4n) is 5.08. The van der Waals surface area contributed by atoms with Crippen LogP contribution >= 0.6 is 0 Å². The van der Waals surface area contributed by atoms with Crippen LogP contribution in [0.4, 0.5) is 0 Å². The van der Waals surface area contributed by atoms with E-state index in [1.807, 2.05) is 0 Å². The Balaban J connectivity index is 1.38. The Labute approximate surface area is 127 Å². The molecule has 0 aromatic heterocycles. The molecule has 4 fully saturated rings. The molecule has 120 valence electrons. The smallest absolute Gasteiger partial charge is 0.0964 e. The van der Waals surface area contributed by atoms with Crippen molar-refractivity contribution in [3.8, 4) is 0 Å². The summed E-state index contributed by atoms with van der Waals surface area (Å²) in [5.41, 5.74) is 0.0920. The highest BCUT2D eigenvalue weighted by molar-refractivity contribution is 4.96. The summed E-state index contributed by atoms with van der Waals surface area (Å²) in [5, 5.41) is 10.9. The first-order valence-corrected chi connectivity index (χ1v) is 8.93. The molecule has 21 heavy (non-hydrogen) atoms. The minimum Gasteiger partial charge on any atom is -0.390 e. The zero-order valence-corrected chi connectivity index (χ0v) is 13.0. The van der Waals surface area contributed by atoms with Crippen LogP contribution in [0.5, 0.6) is 0 Å². The number of aliphatic hydroxyl groups excluding tert-OH is 1. The molecule has 1 aliphatic carbocycles. The second-order valence-electron chi connectivity index (χ2n) is 7.64. The zero-order valence-electron chi connectivity index (χ0n) is 13.0. The van der Waals surface area contributed by atoms with E-state index >= 15 is 0 Å². The van der Waals surface area contributed by atoms with Crippen molar-refractivity contribution in [2.24, 2.45) is 5.92 Å². The normalized spacial score (nSPS) is 41.3. The van der Waals surface area contributed by atoms with Gasteiger partial charge in [0, 0.05) is 19.2 Å². The van der Waals surface area contributed by atoms with Crippen LogP contribution in [-0.2, 0) is 9.47 Å². The lowest BCUT2D eigenvalue weighted by molar-refractivity contribution is -0.155. The molecule has 4 unspecified atom stereocenters. The molecule has 0 aromatic rings. The molecule has 3 heterocycles. The molecular weight excluding hydrogens is 266 g/mol. The minimum atomic E-state index is -0.312. The molecule has 1 spiro atoms. The maximum absolute atomic E-state index is 10.9. The van der Waals surface area contributed by atoms with Crippen molar-refractivity contribution in [1.29, 1.82) is 0 Å². The second kappa shape index (κ2) is 5.80. The molecule has 1 saturated carbocycles. The summed E-state index contributed by atoms with van der Waals surface area (Å²) in [7, 11) is 0. The van der Waals surface area contributed by atoms with E-state index in [4.69, 9.17) is 9.47 Å². The third kappa shape index (κ3) is 2.76. The standard InChI is InChI=1S/C17H29NO3/c19-16(15-11-18-8-3-4-14(18)12-20-15)13-5-9-21-17(10-13)6-1-2-7-17/h13-16,19H,1-12H2. The fourth-order valence-corrected chi connectivity index (χ4v) is 5.08. The molecule has 0 aromatic carbocycles. The summed E-state index contributed by atoms with van der Waals surface area (Å²) in [6.07, 6.45) is 9.25. The van der Waals surface area contributed by atoms with Crippen molar-refractivity contribution in [2.45, 2.75) is 75.2 Å². The molecular formula is C17H29NO3. The summed E-state index contributed by atoms with van der Waals surface area (Å²) in [4.78, 5) is 2.53.